The molecule has 1 unspecified atom stereocenters. The number of carboxylic acid groups (broad SMARTS) is 1. The van der Waals surface area contributed by atoms with Gasteiger partial charge in [0.15, 0.2) is 5.03 Å². The summed E-state index contributed by atoms with van der Waals surface area (Å²) < 4.78 is 34.9. The van der Waals surface area contributed by atoms with E-state index in [1.165, 1.54) is 43.2 Å². The van der Waals surface area contributed by atoms with Crippen LogP contribution >= 0.6 is 0 Å². The minimum absolute atomic E-state index is 0.0260. The fraction of sp³-hybridized carbons (Fsp3) is 0.438. The molecule has 2 N–H and O–H groups in total. The molecule has 43 heavy (non-hydrogen) atoms. The van der Waals surface area contributed by atoms with E-state index in [-0.39, 0.29) is 22.7 Å². The number of rotatable bonds is 13. The Labute approximate surface area is 253 Å². The average Bonchev–Trinajstić information content (AvgIpc) is 3.75. The second-order valence-electron chi connectivity index (χ2n) is 12.0. The molecule has 1 saturated carbocycles. The van der Waals surface area contributed by atoms with Crippen LogP contribution in [0.5, 0.6) is 0 Å². The quantitative estimate of drug-likeness (QED) is 0.249. The summed E-state index contributed by atoms with van der Waals surface area (Å²) >= 11 is 0. The highest BCUT2D eigenvalue weighted by atomic mass is 32.2. The number of nitrogens with zero attached hydrogens (tertiary/aromatic N) is 3. The molecule has 0 bridgehead atoms. The van der Waals surface area contributed by atoms with Crippen molar-refractivity contribution in [2.75, 3.05) is 11.4 Å². The van der Waals surface area contributed by atoms with E-state index in [1.807, 2.05) is 12.1 Å². The Kier molecular flexibility index (Phi) is 9.86. The van der Waals surface area contributed by atoms with Crippen LogP contribution in [0.25, 0.3) is 0 Å². The van der Waals surface area contributed by atoms with E-state index in [4.69, 9.17) is 4.74 Å². The van der Waals surface area contributed by atoms with Crippen molar-refractivity contribution in [2.45, 2.75) is 88.3 Å². The molecule has 11 heteroatoms. The minimum atomic E-state index is -4.05. The van der Waals surface area contributed by atoms with Crippen LogP contribution in [0, 0.1) is 0 Å². The minimum Gasteiger partial charge on any atom is -0.480 e. The van der Waals surface area contributed by atoms with Crippen LogP contribution < -0.4 is 9.62 Å². The Morgan fingerprint density at radius 1 is 1.07 bits per heavy atom. The summed E-state index contributed by atoms with van der Waals surface area (Å²) in [6.45, 7) is 6.54. The van der Waals surface area contributed by atoms with Crippen molar-refractivity contribution in [3.05, 3.63) is 83.7 Å². The molecular formula is C32H40N4O6S. The van der Waals surface area contributed by atoms with E-state index in [9.17, 15) is 23.1 Å². The van der Waals surface area contributed by atoms with Gasteiger partial charge in [0.25, 0.3) is 10.0 Å². The van der Waals surface area contributed by atoms with Gasteiger partial charge in [-0.05, 0) is 87.3 Å². The first kappa shape index (κ1) is 32.1. The van der Waals surface area contributed by atoms with Crippen molar-refractivity contribution in [1.82, 2.24) is 14.7 Å². The van der Waals surface area contributed by atoms with Crippen molar-refractivity contribution in [1.29, 1.82) is 0 Å². The highest BCUT2D eigenvalue weighted by Crippen LogP contribution is 2.52. The fourth-order valence-electron chi connectivity index (χ4n) is 5.01. The SMILES string of the molecule is CCCCC1(c2ccc(CC(NS(=O)(=O)c3ccccn3)c3cccc(N(CC(=O)O)C(=O)OC(C)(C)C)n3)cc2)CC1. The van der Waals surface area contributed by atoms with Crippen LogP contribution in [0.1, 0.15) is 82.7 Å². The summed E-state index contributed by atoms with van der Waals surface area (Å²) in [7, 11) is -4.05. The van der Waals surface area contributed by atoms with Crippen LogP contribution in [0.15, 0.2) is 71.9 Å². The smallest absolute Gasteiger partial charge is 0.416 e. The van der Waals surface area contributed by atoms with Crippen LogP contribution in [-0.2, 0) is 31.4 Å². The van der Waals surface area contributed by atoms with Gasteiger partial charge in [0, 0.05) is 6.20 Å². The van der Waals surface area contributed by atoms with Crippen molar-refractivity contribution in [3.63, 3.8) is 0 Å². The Bertz CT molecular complexity index is 1520. The number of anilines is 1. The number of sulfonamides is 1. The molecule has 1 aliphatic rings. The summed E-state index contributed by atoms with van der Waals surface area (Å²) in [4.78, 5) is 34.1. The van der Waals surface area contributed by atoms with Gasteiger partial charge in [-0.3, -0.25) is 9.69 Å². The van der Waals surface area contributed by atoms with Crippen molar-refractivity contribution in [3.8, 4) is 0 Å². The zero-order valence-corrected chi connectivity index (χ0v) is 25.9. The molecule has 1 amide bonds. The van der Waals surface area contributed by atoms with Gasteiger partial charge in [-0.1, -0.05) is 56.2 Å². The first-order valence-corrected chi connectivity index (χ1v) is 16.0. The molecule has 3 aromatic rings. The number of amides is 1. The molecule has 1 aromatic carbocycles. The van der Waals surface area contributed by atoms with E-state index in [0.717, 1.165) is 23.3 Å². The maximum absolute atomic E-state index is 13.4. The van der Waals surface area contributed by atoms with Gasteiger partial charge in [-0.25, -0.2) is 27.9 Å². The number of aliphatic carboxylic acids is 1. The molecule has 0 radical (unpaired) electrons. The van der Waals surface area contributed by atoms with Crippen LogP contribution in [0.4, 0.5) is 10.6 Å². The van der Waals surface area contributed by atoms with Gasteiger partial charge in [-0.15, -0.1) is 0 Å². The molecule has 2 aromatic heterocycles. The lowest BCUT2D eigenvalue weighted by Gasteiger charge is -2.26. The Morgan fingerprint density at radius 3 is 2.37 bits per heavy atom. The number of ether oxygens (including phenoxy) is 1. The summed E-state index contributed by atoms with van der Waals surface area (Å²) in [6.07, 6.45) is 6.65. The van der Waals surface area contributed by atoms with Gasteiger partial charge in [-0.2, -0.15) is 0 Å². The van der Waals surface area contributed by atoms with Crippen molar-refractivity contribution in [2.24, 2.45) is 0 Å². The number of nitrogens with one attached hydrogen (secondary N) is 1. The van der Waals surface area contributed by atoms with Crippen molar-refractivity contribution < 1.29 is 27.9 Å². The first-order valence-electron chi connectivity index (χ1n) is 14.5. The Morgan fingerprint density at radius 2 is 1.79 bits per heavy atom. The number of aromatic nitrogens is 2. The molecule has 0 spiro atoms. The fourth-order valence-corrected chi connectivity index (χ4v) is 6.17. The van der Waals surface area contributed by atoms with Crippen LogP contribution in [-0.4, -0.2) is 47.7 Å². The van der Waals surface area contributed by atoms with E-state index < -0.39 is 40.3 Å². The zero-order valence-electron chi connectivity index (χ0n) is 25.1. The Hall–Kier alpha value is -3.83. The predicted octanol–water partition coefficient (Wildman–Crippen LogP) is 5.79. The molecule has 0 saturated heterocycles. The van der Waals surface area contributed by atoms with E-state index in [2.05, 4.69) is 33.7 Å². The second-order valence-corrected chi connectivity index (χ2v) is 13.7. The van der Waals surface area contributed by atoms with Gasteiger partial charge < -0.3 is 9.84 Å². The maximum Gasteiger partial charge on any atom is 0.416 e. The van der Waals surface area contributed by atoms with Gasteiger partial charge in [0.05, 0.1) is 11.7 Å². The van der Waals surface area contributed by atoms with E-state index in [1.54, 1.807) is 45.0 Å². The second kappa shape index (κ2) is 13.2. The Balaban J connectivity index is 1.67. The number of pyridine rings is 2. The third-order valence-corrected chi connectivity index (χ3v) is 8.76. The standard InChI is InChI=1S/C32H40N4O6S/c1-5-6-17-32(18-19-32)24-15-13-23(14-16-24)21-26(35-43(40,41)28-12-7-8-20-33-28)25-10-9-11-27(34-25)36(22-29(37)38)30(39)42-31(2,3)4/h7-16,20,26,35H,5-6,17-19,21-22H2,1-4H3,(H,37,38). The largest absolute Gasteiger partial charge is 0.480 e. The summed E-state index contributed by atoms with van der Waals surface area (Å²) in [5.74, 6) is -1.23. The number of hydrogen-bond donors (Lipinski definition) is 2. The molecule has 0 aliphatic heterocycles. The third kappa shape index (κ3) is 8.61. The van der Waals surface area contributed by atoms with Gasteiger partial charge in [0.1, 0.15) is 18.0 Å². The van der Waals surface area contributed by atoms with Crippen molar-refractivity contribution >= 4 is 27.9 Å². The number of carbonyl (C=O) groups is 2. The number of benzene rings is 1. The van der Waals surface area contributed by atoms with Crippen LogP contribution in [0.3, 0.4) is 0 Å². The molecule has 10 nitrogen and oxygen atoms in total. The molecule has 230 valence electrons. The summed E-state index contributed by atoms with van der Waals surface area (Å²) in [6, 6.07) is 16.8. The van der Waals surface area contributed by atoms with E-state index >= 15 is 0 Å². The maximum atomic E-state index is 13.4. The predicted molar refractivity (Wildman–Crippen MR) is 163 cm³/mol. The van der Waals surface area contributed by atoms with Crippen LogP contribution in [0.2, 0.25) is 0 Å². The topological polar surface area (TPSA) is 139 Å². The van der Waals surface area contributed by atoms with Gasteiger partial charge in [0.2, 0.25) is 0 Å². The van der Waals surface area contributed by atoms with E-state index in [0.29, 0.717) is 5.69 Å². The highest BCUT2D eigenvalue weighted by Gasteiger charge is 2.43. The normalized spacial score (nSPS) is 15.0. The highest BCUT2D eigenvalue weighted by molar-refractivity contribution is 7.89. The number of carboxylic acids is 1. The lowest BCUT2D eigenvalue weighted by Crippen LogP contribution is -2.40. The number of carbonyl (C=O) groups excluding carboxylic acids is 1. The molecule has 1 fully saturated rings. The molecular weight excluding hydrogens is 568 g/mol. The zero-order chi connectivity index (χ0) is 31.3. The lowest BCUT2D eigenvalue weighted by molar-refractivity contribution is -0.135. The average molecular weight is 609 g/mol. The first-order chi connectivity index (χ1) is 20.3. The number of unbranched alkanes of at least 4 members (excludes halogenated alkanes) is 1. The lowest BCUT2D eigenvalue weighted by atomic mass is 9.89. The summed E-state index contributed by atoms with van der Waals surface area (Å²) in [5.41, 5.74) is 1.89. The molecule has 1 aliphatic carbocycles. The third-order valence-electron chi connectivity index (χ3n) is 7.38. The summed E-state index contributed by atoms with van der Waals surface area (Å²) in [5, 5.41) is 9.36. The molecule has 2 heterocycles. The molecule has 4 rings (SSSR count). The number of hydrogen-bond acceptors (Lipinski definition) is 7. The monoisotopic (exact) mass is 608 g/mol. The molecule has 1 atom stereocenters. The van der Waals surface area contributed by atoms with Gasteiger partial charge >= 0.3 is 12.1 Å².